The quantitative estimate of drug-likeness (QED) is 0.870. The summed E-state index contributed by atoms with van der Waals surface area (Å²) in [4.78, 5) is 16.9. The second-order valence-corrected chi connectivity index (χ2v) is 6.55. The van der Waals surface area contributed by atoms with Crippen LogP contribution in [0, 0.1) is 6.92 Å². The summed E-state index contributed by atoms with van der Waals surface area (Å²) in [5, 5.41) is 3.00. The first-order valence-electron chi connectivity index (χ1n) is 6.65. The van der Waals surface area contributed by atoms with E-state index in [9.17, 15) is 4.79 Å². The van der Waals surface area contributed by atoms with E-state index >= 15 is 0 Å². The molecule has 2 heterocycles. The molecule has 0 bridgehead atoms. The Morgan fingerprint density at radius 2 is 2.20 bits per heavy atom. The minimum Gasteiger partial charge on any atom is -0.325 e. The van der Waals surface area contributed by atoms with Gasteiger partial charge < -0.3 is 5.32 Å². The summed E-state index contributed by atoms with van der Waals surface area (Å²) in [5.41, 5.74) is 3.79. The van der Waals surface area contributed by atoms with Crippen LogP contribution in [0.5, 0.6) is 0 Å². The van der Waals surface area contributed by atoms with E-state index in [1.165, 1.54) is 0 Å². The van der Waals surface area contributed by atoms with E-state index in [4.69, 9.17) is 0 Å². The van der Waals surface area contributed by atoms with Gasteiger partial charge in [-0.15, -0.1) is 0 Å². The SMILES string of the molecule is Cc1ccc([C@@H]2C[C@@]23C(=O)Nc2ccc(Br)cc23)nc1. The molecule has 0 radical (unpaired) electrons. The second-order valence-electron chi connectivity index (χ2n) is 5.63. The summed E-state index contributed by atoms with van der Waals surface area (Å²) < 4.78 is 1.01. The van der Waals surface area contributed by atoms with Crippen LogP contribution in [0.15, 0.2) is 41.0 Å². The first kappa shape index (κ1) is 12.1. The largest absolute Gasteiger partial charge is 0.325 e. The zero-order valence-corrected chi connectivity index (χ0v) is 12.6. The van der Waals surface area contributed by atoms with Gasteiger partial charge in [0.1, 0.15) is 0 Å². The van der Waals surface area contributed by atoms with Gasteiger partial charge in [-0.2, -0.15) is 0 Å². The summed E-state index contributed by atoms with van der Waals surface area (Å²) in [7, 11) is 0. The molecule has 3 nitrogen and oxygen atoms in total. The molecule has 1 N–H and O–H groups in total. The minimum absolute atomic E-state index is 0.109. The van der Waals surface area contributed by atoms with Gasteiger partial charge in [-0.3, -0.25) is 9.78 Å². The summed E-state index contributed by atoms with van der Waals surface area (Å²) in [6.45, 7) is 2.02. The van der Waals surface area contributed by atoms with Crippen molar-refractivity contribution in [3.05, 3.63) is 57.8 Å². The van der Waals surface area contributed by atoms with Gasteiger partial charge in [0.05, 0.1) is 5.41 Å². The van der Waals surface area contributed by atoms with E-state index < -0.39 is 5.41 Å². The molecule has 0 saturated heterocycles. The van der Waals surface area contributed by atoms with Crippen molar-refractivity contribution in [3.8, 4) is 0 Å². The fraction of sp³-hybridized carbons (Fsp3) is 0.250. The Hall–Kier alpha value is -1.68. The molecular weight excluding hydrogens is 316 g/mol. The molecule has 1 spiro atoms. The summed E-state index contributed by atoms with van der Waals surface area (Å²) >= 11 is 3.50. The number of hydrogen-bond donors (Lipinski definition) is 1. The van der Waals surface area contributed by atoms with Crippen molar-refractivity contribution in [2.75, 3.05) is 5.32 Å². The number of aromatic nitrogens is 1. The Morgan fingerprint density at radius 1 is 1.35 bits per heavy atom. The Balaban J connectivity index is 1.79. The fourth-order valence-corrected chi connectivity index (χ4v) is 3.57. The molecule has 4 heteroatoms. The van der Waals surface area contributed by atoms with Gasteiger partial charge in [0.25, 0.3) is 0 Å². The first-order valence-corrected chi connectivity index (χ1v) is 7.44. The summed E-state index contributed by atoms with van der Waals surface area (Å²) in [6.07, 6.45) is 2.72. The Labute approximate surface area is 125 Å². The molecule has 1 fully saturated rings. The predicted molar refractivity (Wildman–Crippen MR) is 80.8 cm³/mol. The highest BCUT2D eigenvalue weighted by Crippen LogP contribution is 2.64. The number of nitrogens with zero attached hydrogens (tertiary/aromatic N) is 1. The maximum atomic E-state index is 12.4. The molecule has 1 amide bonds. The predicted octanol–water partition coefficient (Wildman–Crippen LogP) is 3.53. The molecule has 1 aliphatic carbocycles. The Morgan fingerprint density at radius 3 is 2.95 bits per heavy atom. The van der Waals surface area contributed by atoms with Gasteiger partial charge in [0.2, 0.25) is 5.91 Å². The number of anilines is 1. The highest BCUT2D eigenvalue weighted by molar-refractivity contribution is 9.10. The lowest BCUT2D eigenvalue weighted by Gasteiger charge is -2.08. The number of nitrogens with one attached hydrogen (secondary N) is 1. The first-order chi connectivity index (χ1) is 9.61. The molecular formula is C16H13BrN2O. The molecule has 1 aromatic heterocycles. The highest BCUT2D eigenvalue weighted by atomic mass is 79.9. The van der Waals surface area contributed by atoms with Crippen molar-refractivity contribution >= 4 is 27.5 Å². The standard InChI is InChI=1S/C16H13BrN2O/c1-9-2-4-13(18-8-9)12-7-16(12)11-6-10(17)3-5-14(11)19-15(16)20/h2-6,8,12H,7H2,1H3,(H,19,20)/t12-,16-/m0/s1. The third-order valence-electron chi connectivity index (χ3n) is 4.37. The molecule has 1 aromatic carbocycles. The number of amides is 1. The smallest absolute Gasteiger partial charge is 0.235 e. The third kappa shape index (κ3) is 1.51. The van der Waals surface area contributed by atoms with Crippen LogP contribution in [0.1, 0.15) is 29.2 Å². The van der Waals surface area contributed by atoms with Crippen LogP contribution in [0.3, 0.4) is 0 Å². The van der Waals surface area contributed by atoms with Gasteiger partial charge in [0.15, 0.2) is 0 Å². The fourth-order valence-electron chi connectivity index (χ4n) is 3.20. The lowest BCUT2D eigenvalue weighted by atomic mass is 9.93. The number of benzene rings is 1. The topological polar surface area (TPSA) is 42.0 Å². The Kier molecular flexibility index (Phi) is 2.37. The summed E-state index contributed by atoms with van der Waals surface area (Å²) in [5.74, 6) is 0.302. The summed E-state index contributed by atoms with van der Waals surface area (Å²) in [6, 6.07) is 10.1. The number of halogens is 1. The zero-order valence-electron chi connectivity index (χ0n) is 11.0. The van der Waals surface area contributed by atoms with E-state index in [1.807, 2.05) is 31.3 Å². The van der Waals surface area contributed by atoms with Gasteiger partial charge in [0, 0.05) is 28.0 Å². The van der Waals surface area contributed by atoms with Crippen LogP contribution in [0.25, 0.3) is 0 Å². The van der Waals surface area contributed by atoms with Crippen molar-refractivity contribution < 1.29 is 4.79 Å². The molecule has 2 aliphatic rings. The van der Waals surface area contributed by atoms with Crippen LogP contribution in [-0.2, 0) is 10.2 Å². The average Bonchev–Trinajstić information content (AvgIpc) is 3.12. The van der Waals surface area contributed by atoms with Gasteiger partial charge in [-0.25, -0.2) is 0 Å². The van der Waals surface area contributed by atoms with E-state index in [-0.39, 0.29) is 11.8 Å². The second kappa shape index (κ2) is 3.92. The molecule has 20 heavy (non-hydrogen) atoms. The Bertz CT molecular complexity index is 726. The molecule has 1 saturated carbocycles. The lowest BCUT2D eigenvalue weighted by Crippen LogP contribution is -2.21. The highest BCUT2D eigenvalue weighted by Gasteiger charge is 2.65. The van der Waals surface area contributed by atoms with Gasteiger partial charge in [-0.05, 0) is 48.7 Å². The number of fused-ring (bicyclic) bond motifs is 2. The van der Waals surface area contributed by atoms with Crippen molar-refractivity contribution in [2.24, 2.45) is 0 Å². The molecule has 100 valence electrons. The van der Waals surface area contributed by atoms with E-state index in [2.05, 4.69) is 38.4 Å². The van der Waals surface area contributed by atoms with Crippen molar-refractivity contribution in [1.82, 2.24) is 4.98 Å². The molecule has 1 aliphatic heterocycles. The average molecular weight is 329 g/mol. The number of hydrogen-bond acceptors (Lipinski definition) is 2. The number of carbonyl (C=O) groups excluding carboxylic acids is 1. The lowest BCUT2D eigenvalue weighted by molar-refractivity contribution is -0.118. The van der Waals surface area contributed by atoms with Crippen LogP contribution in [0.2, 0.25) is 0 Å². The van der Waals surface area contributed by atoms with E-state index in [1.54, 1.807) is 0 Å². The van der Waals surface area contributed by atoms with Crippen molar-refractivity contribution in [1.29, 1.82) is 0 Å². The van der Waals surface area contributed by atoms with Gasteiger partial charge in [-0.1, -0.05) is 22.0 Å². The van der Waals surface area contributed by atoms with Crippen molar-refractivity contribution in [2.45, 2.75) is 24.7 Å². The third-order valence-corrected chi connectivity index (χ3v) is 4.86. The van der Waals surface area contributed by atoms with Crippen LogP contribution in [0.4, 0.5) is 5.69 Å². The monoisotopic (exact) mass is 328 g/mol. The molecule has 2 atom stereocenters. The molecule has 4 rings (SSSR count). The zero-order chi connectivity index (χ0) is 13.9. The van der Waals surface area contributed by atoms with Crippen LogP contribution in [-0.4, -0.2) is 10.9 Å². The minimum atomic E-state index is -0.401. The number of aryl methyl sites for hydroxylation is 1. The molecule has 0 unspecified atom stereocenters. The van der Waals surface area contributed by atoms with E-state index in [0.29, 0.717) is 0 Å². The normalized spacial score (nSPS) is 26.5. The van der Waals surface area contributed by atoms with Crippen LogP contribution >= 0.6 is 15.9 Å². The maximum absolute atomic E-state index is 12.4. The van der Waals surface area contributed by atoms with Gasteiger partial charge >= 0.3 is 0 Å². The van der Waals surface area contributed by atoms with Crippen LogP contribution < -0.4 is 5.32 Å². The van der Waals surface area contributed by atoms with E-state index in [0.717, 1.165) is 33.4 Å². The number of rotatable bonds is 1. The van der Waals surface area contributed by atoms with Crippen molar-refractivity contribution in [3.63, 3.8) is 0 Å². The maximum Gasteiger partial charge on any atom is 0.235 e. The number of pyridine rings is 1. The number of carbonyl (C=O) groups is 1. The molecule has 2 aromatic rings.